The van der Waals surface area contributed by atoms with Gasteiger partial charge in [0.1, 0.15) is 6.10 Å². The number of ether oxygens (including phenoxy) is 2. The second-order valence-corrected chi connectivity index (χ2v) is 7.35. The molecular weight excluding hydrogens is 372 g/mol. The first-order valence-electron chi connectivity index (χ1n) is 9.86. The Morgan fingerprint density at radius 1 is 0.897 bits per heavy atom. The maximum Gasteiger partial charge on any atom is 0.321 e. The zero-order valence-corrected chi connectivity index (χ0v) is 16.1. The van der Waals surface area contributed by atoms with Gasteiger partial charge in [0.2, 0.25) is 0 Å². The monoisotopic (exact) mass is 398 g/mol. The third kappa shape index (κ3) is 4.13. The number of hydrogen-bond donors (Lipinski definition) is 2. The molecule has 3 atom stereocenters. The van der Waals surface area contributed by atoms with Crippen molar-refractivity contribution in [3.63, 3.8) is 0 Å². The van der Waals surface area contributed by atoms with Gasteiger partial charge in [-0.15, -0.1) is 0 Å². The normalized spacial score (nSPS) is 23.7. The highest BCUT2D eigenvalue weighted by Gasteiger charge is 2.51. The summed E-state index contributed by atoms with van der Waals surface area (Å²) in [5, 5.41) is 21.2. The summed E-state index contributed by atoms with van der Waals surface area (Å²) in [6.07, 6.45) is -1.88. The molecule has 0 saturated carbocycles. The molecule has 7 heteroatoms. The van der Waals surface area contributed by atoms with Crippen LogP contribution in [0.3, 0.4) is 0 Å². The maximum absolute atomic E-state index is 13.4. The fraction of sp³-hybridized carbons (Fsp3) is 0.409. The van der Waals surface area contributed by atoms with Gasteiger partial charge in [-0.25, -0.2) is 4.79 Å². The van der Waals surface area contributed by atoms with Crippen LogP contribution in [-0.2, 0) is 22.6 Å². The van der Waals surface area contributed by atoms with Crippen molar-refractivity contribution in [1.82, 2.24) is 9.80 Å². The minimum Gasteiger partial charge on any atom is -0.394 e. The molecule has 2 fully saturated rings. The lowest BCUT2D eigenvalue weighted by Gasteiger charge is -2.32. The van der Waals surface area contributed by atoms with Gasteiger partial charge in [0, 0.05) is 13.1 Å². The Morgan fingerprint density at radius 2 is 1.41 bits per heavy atom. The number of amides is 2. The molecule has 4 rings (SSSR count). The Hall–Kier alpha value is -2.45. The Morgan fingerprint density at radius 3 is 1.93 bits per heavy atom. The van der Waals surface area contributed by atoms with E-state index in [1.54, 1.807) is 9.80 Å². The number of urea groups is 1. The van der Waals surface area contributed by atoms with Gasteiger partial charge in [-0.05, 0) is 11.1 Å². The maximum atomic E-state index is 13.4. The van der Waals surface area contributed by atoms with Crippen LogP contribution in [0.2, 0.25) is 0 Å². The molecule has 29 heavy (non-hydrogen) atoms. The molecule has 2 aliphatic heterocycles. The summed E-state index contributed by atoms with van der Waals surface area (Å²) in [7, 11) is 0. The summed E-state index contributed by atoms with van der Waals surface area (Å²) in [5.41, 5.74) is 1.91. The first kappa shape index (κ1) is 19.8. The molecule has 0 unspecified atom stereocenters. The van der Waals surface area contributed by atoms with E-state index in [1.807, 2.05) is 60.7 Å². The molecular formula is C22H26N2O5. The molecule has 2 aromatic rings. The molecule has 2 N–H and O–H groups in total. The van der Waals surface area contributed by atoms with E-state index in [2.05, 4.69) is 0 Å². The smallest absolute Gasteiger partial charge is 0.321 e. The van der Waals surface area contributed by atoms with E-state index < -0.39 is 24.5 Å². The molecule has 2 aromatic carbocycles. The lowest BCUT2D eigenvalue weighted by Crippen LogP contribution is -2.52. The van der Waals surface area contributed by atoms with Crippen molar-refractivity contribution >= 4 is 6.03 Å². The van der Waals surface area contributed by atoms with Crippen molar-refractivity contribution in [2.24, 2.45) is 0 Å². The summed E-state index contributed by atoms with van der Waals surface area (Å²) >= 11 is 0. The predicted molar refractivity (Wildman–Crippen MR) is 106 cm³/mol. The Bertz CT molecular complexity index is 797. The largest absolute Gasteiger partial charge is 0.394 e. The zero-order chi connectivity index (χ0) is 20.2. The summed E-state index contributed by atoms with van der Waals surface area (Å²) in [6, 6.07) is 17.8. The van der Waals surface area contributed by atoms with Crippen molar-refractivity contribution < 1.29 is 24.5 Å². The predicted octanol–water partition coefficient (Wildman–Crippen LogP) is 1.59. The molecule has 0 aromatic heterocycles. The molecule has 7 nitrogen and oxygen atoms in total. The van der Waals surface area contributed by atoms with Gasteiger partial charge in [0.05, 0.1) is 31.9 Å². The van der Waals surface area contributed by atoms with E-state index in [1.165, 1.54) is 0 Å². The number of rotatable bonds is 7. The highest BCUT2D eigenvalue weighted by molar-refractivity contribution is 5.78. The number of carbonyl (C=O) groups excluding carboxylic acids is 1. The highest BCUT2D eigenvalue weighted by atomic mass is 16.7. The molecule has 2 aliphatic rings. The second kappa shape index (κ2) is 8.92. The Balaban J connectivity index is 1.64. The van der Waals surface area contributed by atoms with Crippen LogP contribution in [0.4, 0.5) is 4.79 Å². The van der Waals surface area contributed by atoms with Gasteiger partial charge in [0.15, 0.2) is 6.29 Å². The number of hydrogen-bond acceptors (Lipinski definition) is 5. The Kier molecular flexibility index (Phi) is 6.10. The summed E-state index contributed by atoms with van der Waals surface area (Å²) in [6.45, 7) is 1.22. The van der Waals surface area contributed by atoms with E-state index in [9.17, 15) is 15.0 Å². The van der Waals surface area contributed by atoms with E-state index in [-0.39, 0.29) is 12.6 Å². The topological polar surface area (TPSA) is 82.5 Å². The van der Waals surface area contributed by atoms with Crippen molar-refractivity contribution in [2.75, 3.05) is 19.8 Å². The summed E-state index contributed by atoms with van der Waals surface area (Å²) in [4.78, 5) is 16.6. The molecule has 2 amide bonds. The van der Waals surface area contributed by atoms with Gasteiger partial charge in [-0.2, -0.15) is 0 Å². The third-order valence-electron chi connectivity index (χ3n) is 5.50. The number of carbonyl (C=O) groups is 1. The molecule has 2 saturated heterocycles. The van der Waals surface area contributed by atoms with Crippen LogP contribution in [0.1, 0.15) is 11.1 Å². The zero-order valence-electron chi connectivity index (χ0n) is 16.1. The quantitative estimate of drug-likeness (QED) is 0.740. The van der Waals surface area contributed by atoms with Gasteiger partial charge in [-0.1, -0.05) is 60.7 Å². The van der Waals surface area contributed by atoms with Crippen LogP contribution in [0.25, 0.3) is 0 Å². The van der Waals surface area contributed by atoms with Crippen molar-refractivity contribution in [2.45, 2.75) is 37.6 Å². The molecule has 0 aliphatic carbocycles. The molecule has 154 valence electrons. The summed E-state index contributed by atoms with van der Waals surface area (Å²) in [5.74, 6) is 0. The van der Waals surface area contributed by atoms with E-state index in [0.29, 0.717) is 26.3 Å². The standard InChI is InChI=1S/C22H26N2O5/c25-15-18-19(20(26)21-28-11-12-29-21)24(14-17-9-5-2-6-10-17)22(27)23(18)13-16-7-3-1-4-8-16/h1-10,18-21,25-26H,11-15H2/t18-,19-,20+/m0/s1. The first-order valence-corrected chi connectivity index (χ1v) is 9.86. The van der Waals surface area contributed by atoms with Crippen molar-refractivity contribution in [1.29, 1.82) is 0 Å². The van der Waals surface area contributed by atoms with Crippen LogP contribution < -0.4 is 0 Å². The average molecular weight is 398 g/mol. The molecule has 0 radical (unpaired) electrons. The summed E-state index contributed by atoms with van der Waals surface area (Å²) < 4.78 is 11.0. The van der Waals surface area contributed by atoms with Crippen LogP contribution in [-0.4, -0.2) is 70.3 Å². The fourth-order valence-corrected chi connectivity index (χ4v) is 4.10. The van der Waals surface area contributed by atoms with E-state index >= 15 is 0 Å². The highest BCUT2D eigenvalue weighted by Crippen LogP contribution is 2.31. The molecule has 2 heterocycles. The van der Waals surface area contributed by atoms with E-state index in [0.717, 1.165) is 11.1 Å². The van der Waals surface area contributed by atoms with E-state index in [4.69, 9.17) is 9.47 Å². The molecule has 0 spiro atoms. The minimum absolute atomic E-state index is 0.223. The second-order valence-electron chi connectivity index (χ2n) is 7.35. The fourth-order valence-electron chi connectivity index (χ4n) is 4.10. The number of aliphatic hydroxyl groups excluding tert-OH is 2. The lowest BCUT2D eigenvalue weighted by atomic mass is 10.0. The number of nitrogens with zero attached hydrogens (tertiary/aromatic N) is 2. The van der Waals surface area contributed by atoms with Gasteiger partial charge in [0.25, 0.3) is 0 Å². The van der Waals surface area contributed by atoms with Crippen LogP contribution in [0, 0.1) is 0 Å². The molecule has 0 bridgehead atoms. The lowest BCUT2D eigenvalue weighted by molar-refractivity contribution is -0.143. The van der Waals surface area contributed by atoms with Gasteiger partial charge < -0.3 is 29.5 Å². The van der Waals surface area contributed by atoms with Crippen LogP contribution in [0.15, 0.2) is 60.7 Å². The van der Waals surface area contributed by atoms with Gasteiger partial charge in [-0.3, -0.25) is 0 Å². The first-order chi connectivity index (χ1) is 14.2. The van der Waals surface area contributed by atoms with Crippen molar-refractivity contribution in [3.8, 4) is 0 Å². The SMILES string of the molecule is O=C1N(Cc2ccccc2)[C@H]([C@@H](O)C2OCCO2)[C@H](CO)N1Cc1ccccc1. The minimum atomic E-state index is -1.07. The van der Waals surface area contributed by atoms with Gasteiger partial charge >= 0.3 is 6.03 Å². The number of aliphatic hydroxyl groups is 2. The Labute approximate surface area is 170 Å². The number of benzene rings is 2. The third-order valence-corrected chi connectivity index (χ3v) is 5.50. The average Bonchev–Trinajstić information content (AvgIpc) is 3.38. The van der Waals surface area contributed by atoms with Crippen LogP contribution >= 0.6 is 0 Å². The van der Waals surface area contributed by atoms with Crippen molar-refractivity contribution in [3.05, 3.63) is 71.8 Å². The van der Waals surface area contributed by atoms with Crippen LogP contribution in [0.5, 0.6) is 0 Å².